The van der Waals surface area contributed by atoms with E-state index in [1.54, 1.807) is 24.4 Å². The number of carbonyl (C=O) groups is 1. The molecule has 1 aromatic heterocycles. The Morgan fingerprint density at radius 1 is 1.38 bits per heavy atom. The Kier molecular flexibility index (Phi) is 2.79. The molecule has 4 heteroatoms. The number of nitrogens with zero attached hydrogens (tertiary/aromatic N) is 1. The van der Waals surface area contributed by atoms with Crippen LogP contribution in [0, 0.1) is 6.92 Å². The van der Waals surface area contributed by atoms with Crippen molar-refractivity contribution in [2.45, 2.75) is 13.8 Å². The quantitative estimate of drug-likeness (QED) is 0.713. The highest BCUT2D eigenvalue weighted by Gasteiger charge is 2.08. The molecule has 3 nitrogen and oxygen atoms in total. The van der Waals surface area contributed by atoms with Crippen LogP contribution in [0.5, 0.6) is 5.75 Å². The number of rotatable bonds is 1. The number of esters is 1. The minimum absolute atomic E-state index is 0.347. The van der Waals surface area contributed by atoms with Gasteiger partial charge in [0, 0.05) is 23.5 Å². The molecule has 0 N–H and O–H groups in total. The number of aryl methyl sites for hydroxylation is 1. The van der Waals surface area contributed by atoms with Crippen molar-refractivity contribution in [3.63, 3.8) is 0 Å². The van der Waals surface area contributed by atoms with Gasteiger partial charge in [0.15, 0.2) is 0 Å². The van der Waals surface area contributed by atoms with Gasteiger partial charge in [-0.2, -0.15) is 0 Å². The number of fused-ring (bicyclic) bond motifs is 1. The Bertz CT molecular complexity index is 566. The normalized spacial score (nSPS) is 10.4. The van der Waals surface area contributed by atoms with E-state index in [2.05, 4.69) is 4.98 Å². The molecule has 0 bridgehead atoms. The molecule has 0 aliphatic carbocycles. The van der Waals surface area contributed by atoms with Crippen LogP contribution < -0.4 is 4.74 Å². The zero-order valence-electron chi connectivity index (χ0n) is 8.95. The Labute approximate surface area is 98.0 Å². The topological polar surface area (TPSA) is 39.2 Å². The molecule has 1 heterocycles. The van der Waals surface area contributed by atoms with E-state index < -0.39 is 0 Å². The predicted octanol–water partition coefficient (Wildman–Crippen LogP) is 3.12. The van der Waals surface area contributed by atoms with Crippen LogP contribution in [0.15, 0.2) is 24.4 Å². The maximum Gasteiger partial charge on any atom is 0.308 e. The zero-order chi connectivity index (χ0) is 11.7. The molecule has 2 aromatic rings. The maximum absolute atomic E-state index is 10.9. The van der Waals surface area contributed by atoms with Crippen molar-refractivity contribution in [3.8, 4) is 5.75 Å². The van der Waals surface area contributed by atoms with Gasteiger partial charge in [0.2, 0.25) is 0 Å². The molecule has 16 heavy (non-hydrogen) atoms. The first-order valence-corrected chi connectivity index (χ1v) is 5.19. The fraction of sp³-hybridized carbons (Fsp3) is 0.167. The Hall–Kier alpha value is -1.61. The number of benzene rings is 1. The van der Waals surface area contributed by atoms with Gasteiger partial charge in [-0.15, -0.1) is 0 Å². The summed E-state index contributed by atoms with van der Waals surface area (Å²) < 4.78 is 5.10. The summed E-state index contributed by atoms with van der Waals surface area (Å²) in [6, 6.07) is 5.24. The molecule has 1 aromatic carbocycles. The largest absolute Gasteiger partial charge is 0.426 e. The molecule has 0 aliphatic heterocycles. The Morgan fingerprint density at radius 3 is 2.81 bits per heavy atom. The molecular weight excluding hydrogens is 226 g/mol. The lowest BCUT2D eigenvalue weighted by atomic mass is 10.1. The summed E-state index contributed by atoms with van der Waals surface area (Å²) >= 11 is 6.00. The number of carbonyl (C=O) groups excluding carboxylic acids is 1. The fourth-order valence-corrected chi connectivity index (χ4v) is 1.71. The van der Waals surface area contributed by atoms with E-state index in [0.29, 0.717) is 10.8 Å². The molecule has 0 amide bonds. The smallest absolute Gasteiger partial charge is 0.308 e. The molecule has 82 valence electrons. The summed E-state index contributed by atoms with van der Waals surface area (Å²) in [6.45, 7) is 3.25. The first-order chi connectivity index (χ1) is 7.59. The lowest BCUT2D eigenvalue weighted by molar-refractivity contribution is -0.131. The highest BCUT2D eigenvalue weighted by molar-refractivity contribution is 6.32. The van der Waals surface area contributed by atoms with E-state index in [1.165, 1.54) is 6.92 Å². The second kappa shape index (κ2) is 4.10. The number of ether oxygens (including phenoxy) is 1. The Morgan fingerprint density at radius 2 is 2.12 bits per heavy atom. The molecule has 0 radical (unpaired) electrons. The number of hydrogen-bond acceptors (Lipinski definition) is 3. The average Bonchev–Trinajstić information content (AvgIpc) is 2.23. The fourth-order valence-electron chi connectivity index (χ4n) is 1.55. The first-order valence-electron chi connectivity index (χ1n) is 4.82. The van der Waals surface area contributed by atoms with Crippen LogP contribution in [0.4, 0.5) is 0 Å². The summed E-state index contributed by atoms with van der Waals surface area (Å²) in [5.41, 5.74) is 1.64. The van der Waals surface area contributed by atoms with Gasteiger partial charge in [-0.05, 0) is 30.7 Å². The third-order valence-corrected chi connectivity index (χ3v) is 2.72. The van der Waals surface area contributed by atoms with Gasteiger partial charge in [-0.25, -0.2) is 0 Å². The molecule has 2 rings (SSSR count). The van der Waals surface area contributed by atoms with Gasteiger partial charge in [0.05, 0.1) is 5.52 Å². The minimum atomic E-state index is -0.347. The number of hydrogen-bond donors (Lipinski definition) is 0. The van der Waals surface area contributed by atoms with Crippen molar-refractivity contribution in [3.05, 3.63) is 35.0 Å². The Balaban J connectivity index is 2.69. The van der Waals surface area contributed by atoms with Crippen LogP contribution in [0.3, 0.4) is 0 Å². The number of aromatic nitrogens is 1. The van der Waals surface area contributed by atoms with E-state index >= 15 is 0 Å². The summed E-state index contributed by atoms with van der Waals surface area (Å²) in [7, 11) is 0. The molecule has 0 unspecified atom stereocenters. The maximum atomic E-state index is 10.9. The monoisotopic (exact) mass is 235 g/mol. The van der Waals surface area contributed by atoms with Crippen LogP contribution >= 0.6 is 11.6 Å². The molecule has 0 fully saturated rings. The molecule has 0 atom stereocenters. The van der Waals surface area contributed by atoms with E-state index in [4.69, 9.17) is 16.3 Å². The lowest BCUT2D eigenvalue weighted by Gasteiger charge is -2.07. The highest BCUT2D eigenvalue weighted by atomic mass is 35.5. The van der Waals surface area contributed by atoms with Crippen LogP contribution in [-0.2, 0) is 4.79 Å². The van der Waals surface area contributed by atoms with Gasteiger partial charge < -0.3 is 4.74 Å². The second-order valence-corrected chi connectivity index (χ2v) is 3.88. The van der Waals surface area contributed by atoms with Crippen molar-refractivity contribution in [2.75, 3.05) is 0 Å². The van der Waals surface area contributed by atoms with E-state index in [9.17, 15) is 4.79 Å². The SMILES string of the molecule is CC(=O)Oc1ccnc2c(C)c(Cl)ccc12. The molecular formula is C12H10ClNO2. The van der Waals surface area contributed by atoms with E-state index in [-0.39, 0.29) is 5.97 Å². The van der Waals surface area contributed by atoms with Crippen LogP contribution in [0.1, 0.15) is 12.5 Å². The number of halogens is 1. The van der Waals surface area contributed by atoms with Crippen molar-refractivity contribution in [1.82, 2.24) is 4.98 Å². The standard InChI is InChI=1S/C12H10ClNO2/c1-7-10(13)4-3-9-11(16-8(2)15)5-6-14-12(7)9/h3-6H,1-2H3. The average molecular weight is 236 g/mol. The third-order valence-electron chi connectivity index (χ3n) is 2.31. The summed E-state index contributed by atoms with van der Waals surface area (Å²) in [5.74, 6) is 0.164. The van der Waals surface area contributed by atoms with Gasteiger partial charge >= 0.3 is 5.97 Å². The van der Waals surface area contributed by atoms with Crippen molar-refractivity contribution < 1.29 is 9.53 Å². The van der Waals surface area contributed by atoms with E-state index in [1.807, 2.05) is 6.92 Å². The van der Waals surface area contributed by atoms with E-state index in [0.717, 1.165) is 16.5 Å². The van der Waals surface area contributed by atoms with Crippen LogP contribution in [-0.4, -0.2) is 11.0 Å². The zero-order valence-corrected chi connectivity index (χ0v) is 9.71. The summed E-state index contributed by atoms with van der Waals surface area (Å²) in [6.07, 6.45) is 1.60. The first kappa shape index (κ1) is 10.9. The molecule has 0 saturated carbocycles. The highest BCUT2D eigenvalue weighted by Crippen LogP contribution is 2.29. The lowest BCUT2D eigenvalue weighted by Crippen LogP contribution is -2.02. The van der Waals surface area contributed by atoms with Crippen LogP contribution in [0.25, 0.3) is 10.9 Å². The summed E-state index contributed by atoms with van der Waals surface area (Å²) in [5, 5.41) is 1.44. The number of pyridine rings is 1. The van der Waals surface area contributed by atoms with Gasteiger partial charge in [-0.1, -0.05) is 11.6 Å². The van der Waals surface area contributed by atoms with Crippen molar-refractivity contribution in [1.29, 1.82) is 0 Å². The van der Waals surface area contributed by atoms with Crippen LogP contribution in [0.2, 0.25) is 5.02 Å². The second-order valence-electron chi connectivity index (χ2n) is 3.47. The molecule has 0 spiro atoms. The van der Waals surface area contributed by atoms with Crippen molar-refractivity contribution in [2.24, 2.45) is 0 Å². The third kappa shape index (κ3) is 1.86. The van der Waals surface area contributed by atoms with Crippen molar-refractivity contribution >= 4 is 28.5 Å². The minimum Gasteiger partial charge on any atom is -0.426 e. The van der Waals surface area contributed by atoms with Gasteiger partial charge in [-0.3, -0.25) is 9.78 Å². The van der Waals surface area contributed by atoms with Gasteiger partial charge in [0.1, 0.15) is 5.75 Å². The van der Waals surface area contributed by atoms with Gasteiger partial charge in [0.25, 0.3) is 0 Å². The molecule has 0 saturated heterocycles. The predicted molar refractivity (Wildman–Crippen MR) is 62.8 cm³/mol. The molecule has 0 aliphatic rings. The summed E-state index contributed by atoms with van der Waals surface area (Å²) in [4.78, 5) is 15.2.